The summed E-state index contributed by atoms with van der Waals surface area (Å²) in [6.45, 7) is 5.13. The van der Waals surface area contributed by atoms with Gasteiger partial charge in [-0.2, -0.15) is 0 Å². The Balaban J connectivity index is 1.82. The number of carboxylic acid groups (broad SMARTS) is 1. The van der Waals surface area contributed by atoms with Gasteiger partial charge in [0.2, 0.25) is 0 Å². The van der Waals surface area contributed by atoms with Gasteiger partial charge in [0, 0.05) is 17.3 Å². The lowest BCUT2D eigenvalue weighted by Gasteiger charge is -2.39. The van der Waals surface area contributed by atoms with Crippen LogP contribution in [0.1, 0.15) is 43.7 Å². The number of rotatable bonds is 7. The van der Waals surface area contributed by atoms with Crippen molar-refractivity contribution in [2.24, 2.45) is 5.92 Å². The summed E-state index contributed by atoms with van der Waals surface area (Å²) in [4.78, 5) is 46.2. The molecule has 3 heterocycles. The molecule has 3 atom stereocenters. The number of aromatic nitrogens is 2. The van der Waals surface area contributed by atoms with Crippen molar-refractivity contribution in [1.29, 1.82) is 0 Å². The minimum Gasteiger partial charge on any atom is -0.481 e. The number of ether oxygens (including phenoxy) is 2. The van der Waals surface area contributed by atoms with Gasteiger partial charge in [0.15, 0.2) is 5.54 Å². The minimum absolute atomic E-state index is 0.0272. The van der Waals surface area contributed by atoms with E-state index in [9.17, 15) is 19.5 Å². The molecule has 10 heteroatoms. The van der Waals surface area contributed by atoms with Crippen LogP contribution in [-0.2, 0) is 32.2 Å². The van der Waals surface area contributed by atoms with Gasteiger partial charge in [-0.3, -0.25) is 9.69 Å². The Hall–Kier alpha value is -3.66. The van der Waals surface area contributed by atoms with E-state index in [1.54, 1.807) is 49.9 Å². The third-order valence-corrected chi connectivity index (χ3v) is 6.96. The summed E-state index contributed by atoms with van der Waals surface area (Å²) in [7, 11) is 0. The zero-order valence-electron chi connectivity index (χ0n) is 20.4. The van der Waals surface area contributed by atoms with E-state index in [0.717, 1.165) is 5.56 Å². The lowest BCUT2D eigenvalue weighted by Crippen LogP contribution is -2.58. The molecule has 1 aliphatic rings. The highest BCUT2D eigenvalue weighted by atomic mass is 32.1. The van der Waals surface area contributed by atoms with E-state index >= 15 is 0 Å². The number of hydrogen-bond acceptors (Lipinski definition) is 7. The second-order valence-corrected chi connectivity index (χ2v) is 10.8. The van der Waals surface area contributed by atoms with Crippen LogP contribution in [0.15, 0.2) is 66.6 Å². The second kappa shape index (κ2) is 10.1. The first kappa shape index (κ1) is 25.4. The number of hydrogen-bond donors (Lipinski definition) is 1. The molecular formula is C26H29N3O6S. The molecule has 0 bridgehead atoms. The van der Waals surface area contributed by atoms with E-state index in [0.29, 0.717) is 4.88 Å². The number of carbonyl (C=O) groups excluding carboxylic acids is 2. The van der Waals surface area contributed by atoms with Crippen LogP contribution in [-0.4, -0.2) is 48.7 Å². The molecule has 1 fully saturated rings. The van der Waals surface area contributed by atoms with Crippen LogP contribution in [0.25, 0.3) is 0 Å². The van der Waals surface area contributed by atoms with Crippen molar-refractivity contribution in [3.8, 4) is 0 Å². The molecule has 1 amide bonds. The fourth-order valence-electron chi connectivity index (χ4n) is 4.55. The molecule has 0 spiro atoms. The standard InChI is InChI=1S/C26H29N3O6S/c1-25(2,3)35-23(32)26(16-28-12-11-27-17-28)14-19(22(30)31)21(20-10-7-13-36-20)29(26)24(33)34-15-18-8-5-4-6-9-18/h4-13,17,19,21H,14-16H2,1-3H3,(H,30,31)/t19-,21+,26+/m1/s1. The fraction of sp³-hybridized carbons (Fsp3) is 0.385. The maximum atomic E-state index is 13.9. The predicted octanol–water partition coefficient (Wildman–Crippen LogP) is 4.51. The molecule has 36 heavy (non-hydrogen) atoms. The summed E-state index contributed by atoms with van der Waals surface area (Å²) >= 11 is 1.33. The van der Waals surface area contributed by atoms with Crippen LogP contribution in [0, 0.1) is 5.92 Å². The van der Waals surface area contributed by atoms with E-state index < -0.39 is 41.1 Å². The first-order valence-electron chi connectivity index (χ1n) is 11.6. The average molecular weight is 512 g/mol. The Morgan fingerprint density at radius 1 is 1.17 bits per heavy atom. The van der Waals surface area contributed by atoms with Gasteiger partial charge in [0.25, 0.3) is 0 Å². The van der Waals surface area contributed by atoms with Gasteiger partial charge < -0.3 is 19.1 Å². The van der Waals surface area contributed by atoms with Gasteiger partial charge in [0.1, 0.15) is 12.2 Å². The molecule has 1 aromatic carbocycles. The number of carbonyl (C=O) groups is 3. The van der Waals surface area contributed by atoms with Gasteiger partial charge in [-0.05, 0) is 44.2 Å². The van der Waals surface area contributed by atoms with Crippen molar-refractivity contribution >= 4 is 29.4 Å². The Morgan fingerprint density at radius 3 is 2.50 bits per heavy atom. The lowest BCUT2D eigenvalue weighted by atomic mass is 9.90. The molecule has 0 radical (unpaired) electrons. The summed E-state index contributed by atoms with van der Waals surface area (Å²) in [5.41, 5.74) is -1.73. The van der Waals surface area contributed by atoms with Gasteiger partial charge in [0.05, 0.1) is 24.8 Å². The normalized spacial score (nSPS) is 21.8. The Morgan fingerprint density at radius 2 is 1.92 bits per heavy atom. The van der Waals surface area contributed by atoms with Crippen LogP contribution in [0.5, 0.6) is 0 Å². The Bertz CT molecular complexity index is 1190. The molecule has 4 rings (SSSR count). The van der Waals surface area contributed by atoms with Crippen molar-refractivity contribution in [2.45, 2.75) is 57.5 Å². The number of imidazole rings is 1. The Kier molecular flexibility index (Phi) is 7.16. The maximum Gasteiger partial charge on any atom is 0.411 e. The summed E-state index contributed by atoms with van der Waals surface area (Å²) in [5, 5.41) is 12.0. The van der Waals surface area contributed by atoms with E-state index in [4.69, 9.17) is 9.47 Å². The molecule has 3 aromatic rings. The van der Waals surface area contributed by atoms with E-state index in [-0.39, 0.29) is 19.6 Å². The third kappa shape index (κ3) is 5.28. The van der Waals surface area contributed by atoms with Crippen molar-refractivity contribution < 1.29 is 29.0 Å². The first-order chi connectivity index (χ1) is 17.1. The lowest BCUT2D eigenvalue weighted by molar-refractivity contribution is -0.169. The third-order valence-electron chi connectivity index (χ3n) is 6.01. The molecule has 2 aromatic heterocycles. The zero-order chi connectivity index (χ0) is 25.9. The number of thiophene rings is 1. The van der Waals surface area contributed by atoms with Gasteiger partial charge in [-0.1, -0.05) is 36.4 Å². The van der Waals surface area contributed by atoms with Gasteiger partial charge >= 0.3 is 18.0 Å². The molecule has 1 saturated heterocycles. The Labute approximate surface area is 213 Å². The topological polar surface area (TPSA) is 111 Å². The van der Waals surface area contributed by atoms with Crippen molar-refractivity contribution in [1.82, 2.24) is 14.5 Å². The molecule has 0 unspecified atom stereocenters. The number of likely N-dealkylation sites (tertiary alicyclic amines) is 1. The van der Waals surface area contributed by atoms with Crippen molar-refractivity contribution in [3.63, 3.8) is 0 Å². The SMILES string of the molecule is CC(C)(C)OC(=O)[C@@]1(Cn2ccnc2)C[C@@H](C(=O)O)[C@@H](c2cccs2)N1C(=O)OCc1ccccc1. The molecule has 1 aliphatic heterocycles. The summed E-state index contributed by atoms with van der Waals surface area (Å²) < 4.78 is 13.1. The van der Waals surface area contributed by atoms with Gasteiger partial charge in [-0.15, -0.1) is 11.3 Å². The maximum absolute atomic E-state index is 13.9. The smallest absolute Gasteiger partial charge is 0.411 e. The zero-order valence-corrected chi connectivity index (χ0v) is 21.2. The monoisotopic (exact) mass is 511 g/mol. The van der Waals surface area contributed by atoms with E-state index in [2.05, 4.69) is 4.98 Å². The fourth-order valence-corrected chi connectivity index (χ4v) is 5.43. The summed E-state index contributed by atoms with van der Waals surface area (Å²) in [6.07, 6.45) is 3.81. The van der Waals surface area contributed by atoms with E-state index in [1.165, 1.54) is 22.6 Å². The number of esters is 1. The minimum atomic E-state index is -1.64. The number of benzene rings is 1. The van der Waals surface area contributed by atoms with Crippen LogP contribution >= 0.6 is 11.3 Å². The molecular weight excluding hydrogens is 482 g/mol. The molecule has 9 nitrogen and oxygen atoms in total. The summed E-state index contributed by atoms with van der Waals surface area (Å²) in [6, 6.07) is 11.8. The number of carboxylic acids is 1. The molecule has 190 valence electrons. The second-order valence-electron chi connectivity index (χ2n) is 9.79. The van der Waals surface area contributed by atoms with Crippen LogP contribution in [0.3, 0.4) is 0 Å². The summed E-state index contributed by atoms with van der Waals surface area (Å²) in [5.74, 6) is -2.85. The number of nitrogens with zero attached hydrogens (tertiary/aromatic N) is 3. The quantitative estimate of drug-likeness (QED) is 0.465. The molecule has 0 aliphatic carbocycles. The van der Waals surface area contributed by atoms with Crippen LogP contribution < -0.4 is 0 Å². The van der Waals surface area contributed by atoms with E-state index in [1.807, 2.05) is 35.7 Å². The van der Waals surface area contributed by atoms with Crippen LogP contribution in [0.4, 0.5) is 4.79 Å². The first-order valence-corrected chi connectivity index (χ1v) is 12.4. The highest BCUT2D eigenvalue weighted by Crippen LogP contribution is 2.50. The molecule has 0 saturated carbocycles. The molecule has 1 N–H and O–H groups in total. The highest BCUT2D eigenvalue weighted by molar-refractivity contribution is 7.10. The highest BCUT2D eigenvalue weighted by Gasteiger charge is 2.63. The number of amides is 1. The largest absolute Gasteiger partial charge is 0.481 e. The van der Waals surface area contributed by atoms with Crippen LogP contribution in [0.2, 0.25) is 0 Å². The number of aliphatic carboxylic acids is 1. The predicted molar refractivity (Wildman–Crippen MR) is 132 cm³/mol. The van der Waals surface area contributed by atoms with Crippen molar-refractivity contribution in [3.05, 3.63) is 77.0 Å². The average Bonchev–Trinajstić information content (AvgIpc) is 3.58. The van der Waals surface area contributed by atoms with Gasteiger partial charge in [-0.25, -0.2) is 14.6 Å². The van der Waals surface area contributed by atoms with Crippen molar-refractivity contribution in [2.75, 3.05) is 0 Å².